The van der Waals surface area contributed by atoms with E-state index in [-0.39, 0.29) is 17.0 Å². The van der Waals surface area contributed by atoms with E-state index in [9.17, 15) is 19.4 Å². The number of ether oxygens (including phenoxy) is 1. The van der Waals surface area contributed by atoms with Crippen molar-refractivity contribution in [2.75, 3.05) is 19.0 Å². The molecule has 2 aromatic rings. The van der Waals surface area contributed by atoms with Crippen LogP contribution in [0.2, 0.25) is 0 Å². The van der Waals surface area contributed by atoms with Crippen LogP contribution in [0.5, 0.6) is 0 Å². The second-order valence-electron chi connectivity index (χ2n) is 5.27. The highest BCUT2D eigenvalue weighted by Crippen LogP contribution is 2.44. The number of nitrogens with two attached hydrogens (primary N) is 1. The lowest BCUT2D eigenvalue weighted by Gasteiger charge is -2.25. The summed E-state index contributed by atoms with van der Waals surface area (Å²) in [4.78, 5) is 16.6. The minimum Gasteiger partial charge on any atom is -0.394 e. The van der Waals surface area contributed by atoms with Crippen molar-refractivity contribution in [1.29, 1.82) is 0 Å². The number of aliphatic hydroxyl groups excluding tert-OH is 2. The van der Waals surface area contributed by atoms with Crippen LogP contribution in [0.25, 0.3) is 11.0 Å². The molecule has 0 radical (unpaired) electrons. The Balaban J connectivity index is 2.18. The molecule has 8 nitrogen and oxygen atoms in total. The average molecular weight is 357 g/mol. The number of nitrogen functional groups attached to an aromatic ring is 1. The first kappa shape index (κ1) is 16.7. The Bertz CT molecular complexity index is 888. The quantitative estimate of drug-likeness (QED) is 0.425. The van der Waals surface area contributed by atoms with Crippen LogP contribution in [0.3, 0.4) is 0 Å². The van der Waals surface area contributed by atoms with Gasteiger partial charge in [0.15, 0.2) is 16.7 Å². The smallest absolute Gasteiger partial charge is 0.261 e. The van der Waals surface area contributed by atoms with E-state index in [0.717, 1.165) is 0 Å². The lowest BCUT2D eigenvalue weighted by Crippen LogP contribution is -2.41. The molecule has 0 amide bonds. The summed E-state index contributed by atoms with van der Waals surface area (Å²) in [7, 11) is 0. The lowest BCUT2D eigenvalue weighted by molar-refractivity contribution is -0.0435. The van der Waals surface area contributed by atoms with Gasteiger partial charge in [0.2, 0.25) is 5.95 Å². The van der Waals surface area contributed by atoms with E-state index in [1.807, 2.05) is 0 Å². The molecule has 0 saturated carbocycles. The monoisotopic (exact) mass is 356 g/mol. The zero-order valence-corrected chi connectivity index (χ0v) is 13.0. The van der Waals surface area contributed by atoms with Crippen molar-refractivity contribution in [2.45, 2.75) is 23.3 Å². The number of nitrogens with one attached hydrogen (secondary N) is 1. The van der Waals surface area contributed by atoms with Gasteiger partial charge in [0.1, 0.15) is 18.9 Å². The van der Waals surface area contributed by atoms with Gasteiger partial charge in [-0.05, 0) is 6.07 Å². The molecule has 0 spiro atoms. The number of fused-ring (bicyclic) bond motifs is 1. The standard InChI is InChI=1S/C14H14ClFN4O4/c15-14(3-1-4-16)9(22)8(6-21)24-12(14)20-5-2-7-10(20)18-13(17)19-11(7)23/h2,5,8-9,12,21-22H,4,6H2,(H3,17,18,19,23)/t8-,9+,12-,14?/m1/s1. The molecule has 5 N–H and O–H groups in total. The number of hydrogen-bond donors (Lipinski definition) is 4. The third-order valence-electron chi connectivity index (χ3n) is 3.82. The van der Waals surface area contributed by atoms with Crippen molar-refractivity contribution in [1.82, 2.24) is 14.5 Å². The van der Waals surface area contributed by atoms with Crippen LogP contribution >= 0.6 is 11.6 Å². The fraction of sp³-hybridized carbons (Fsp3) is 0.429. The number of hydrogen-bond acceptors (Lipinski definition) is 6. The minimum absolute atomic E-state index is 0.111. The second kappa shape index (κ2) is 6.07. The van der Waals surface area contributed by atoms with E-state index < -0.39 is 42.2 Å². The molecule has 1 saturated heterocycles. The van der Waals surface area contributed by atoms with Gasteiger partial charge in [-0.15, -0.1) is 0 Å². The summed E-state index contributed by atoms with van der Waals surface area (Å²) in [5.41, 5.74) is 5.27. The summed E-state index contributed by atoms with van der Waals surface area (Å²) in [6.07, 6.45) is -2.06. The Labute approximate surface area is 140 Å². The van der Waals surface area contributed by atoms with Gasteiger partial charge in [-0.25, -0.2) is 4.39 Å². The zero-order valence-electron chi connectivity index (χ0n) is 12.2. The number of H-pyrrole nitrogens is 1. The average Bonchev–Trinajstić information content (AvgIpc) is 3.06. The third kappa shape index (κ3) is 2.44. The molecular weight excluding hydrogens is 343 g/mol. The summed E-state index contributed by atoms with van der Waals surface area (Å²) in [5, 5.41) is 19.9. The molecule has 2 aromatic heterocycles. The SMILES string of the molecule is Nc1nc2c(ccn2[C@@H]2O[C@H](CO)[C@H](O)C2(Cl)C#CCF)c(=O)[nH]1. The van der Waals surface area contributed by atoms with Gasteiger partial charge in [0.25, 0.3) is 5.56 Å². The van der Waals surface area contributed by atoms with Crippen LogP contribution in [0.1, 0.15) is 6.23 Å². The first-order valence-corrected chi connectivity index (χ1v) is 7.35. The van der Waals surface area contributed by atoms with E-state index in [1.165, 1.54) is 16.8 Å². The summed E-state index contributed by atoms with van der Waals surface area (Å²) in [6, 6.07) is 1.47. The molecular formula is C14H14ClFN4O4. The van der Waals surface area contributed by atoms with Crippen LogP contribution < -0.4 is 11.3 Å². The fourth-order valence-electron chi connectivity index (χ4n) is 2.72. The van der Waals surface area contributed by atoms with E-state index in [0.29, 0.717) is 0 Å². The van der Waals surface area contributed by atoms with Crippen LogP contribution in [0.15, 0.2) is 17.1 Å². The predicted molar refractivity (Wildman–Crippen MR) is 84.1 cm³/mol. The summed E-state index contributed by atoms with van der Waals surface area (Å²) >= 11 is 6.42. The van der Waals surface area contributed by atoms with Crippen molar-refractivity contribution in [2.24, 2.45) is 0 Å². The number of aromatic nitrogens is 3. The molecule has 0 aromatic carbocycles. The maximum Gasteiger partial charge on any atom is 0.261 e. The maximum absolute atomic E-state index is 12.5. The van der Waals surface area contributed by atoms with Crippen molar-refractivity contribution in [3.05, 3.63) is 22.6 Å². The highest BCUT2D eigenvalue weighted by atomic mass is 35.5. The third-order valence-corrected chi connectivity index (χ3v) is 4.33. The first-order valence-electron chi connectivity index (χ1n) is 6.98. The molecule has 0 aliphatic carbocycles. The van der Waals surface area contributed by atoms with Crippen molar-refractivity contribution in [3.8, 4) is 11.8 Å². The lowest BCUT2D eigenvalue weighted by atomic mass is 9.99. The predicted octanol–water partition coefficient (Wildman–Crippen LogP) is -0.492. The number of alkyl halides is 2. The Morgan fingerprint density at radius 2 is 2.38 bits per heavy atom. The van der Waals surface area contributed by atoms with Crippen LogP contribution in [0, 0.1) is 11.8 Å². The molecule has 10 heteroatoms. The summed E-state index contributed by atoms with van der Waals surface area (Å²) in [5.74, 6) is 4.50. The number of halogens is 2. The van der Waals surface area contributed by atoms with Crippen LogP contribution in [0.4, 0.5) is 10.3 Å². The van der Waals surface area contributed by atoms with E-state index >= 15 is 0 Å². The van der Waals surface area contributed by atoms with Gasteiger partial charge < -0.3 is 25.3 Å². The van der Waals surface area contributed by atoms with E-state index in [1.54, 1.807) is 0 Å². The summed E-state index contributed by atoms with van der Waals surface area (Å²) in [6.45, 7) is -1.48. The van der Waals surface area contributed by atoms with Crippen molar-refractivity contribution < 1.29 is 19.3 Å². The maximum atomic E-state index is 12.5. The number of nitrogens with zero attached hydrogens (tertiary/aromatic N) is 2. The van der Waals surface area contributed by atoms with E-state index in [4.69, 9.17) is 22.1 Å². The molecule has 24 heavy (non-hydrogen) atoms. The number of aromatic amines is 1. The molecule has 0 bridgehead atoms. The zero-order chi connectivity index (χ0) is 17.5. The van der Waals surface area contributed by atoms with Crippen LogP contribution in [-0.2, 0) is 4.74 Å². The number of anilines is 1. The minimum atomic E-state index is -1.73. The number of aliphatic hydroxyl groups is 2. The summed E-state index contributed by atoms with van der Waals surface area (Å²) < 4.78 is 19.4. The first-order chi connectivity index (χ1) is 11.4. The molecule has 1 unspecified atom stereocenters. The fourth-order valence-corrected chi connectivity index (χ4v) is 3.08. The van der Waals surface area contributed by atoms with Crippen molar-refractivity contribution in [3.63, 3.8) is 0 Å². The highest BCUT2D eigenvalue weighted by molar-refractivity contribution is 6.27. The van der Waals surface area contributed by atoms with Gasteiger partial charge in [-0.3, -0.25) is 9.78 Å². The van der Waals surface area contributed by atoms with Crippen LogP contribution in [-0.4, -0.2) is 55.1 Å². The topological polar surface area (TPSA) is 126 Å². The Morgan fingerprint density at radius 3 is 3.04 bits per heavy atom. The van der Waals surface area contributed by atoms with Gasteiger partial charge in [0, 0.05) is 6.20 Å². The van der Waals surface area contributed by atoms with Gasteiger partial charge >= 0.3 is 0 Å². The molecule has 1 aliphatic heterocycles. The highest BCUT2D eigenvalue weighted by Gasteiger charge is 2.55. The molecule has 1 aliphatic rings. The van der Waals surface area contributed by atoms with Gasteiger partial charge in [-0.1, -0.05) is 23.4 Å². The Morgan fingerprint density at radius 1 is 1.62 bits per heavy atom. The van der Waals surface area contributed by atoms with Gasteiger partial charge in [0.05, 0.1) is 12.0 Å². The molecule has 4 atom stereocenters. The molecule has 3 heterocycles. The molecule has 1 fully saturated rings. The second-order valence-corrected chi connectivity index (χ2v) is 5.89. The largest absolute Gasteiger partial charge is 0.394 e. The molecule has 128 valence electrons. The Kier molecular flexibility index (Phi) is 4.23. The number of rotatable bonds is 2. The van der Waals surface area contributed by atoms with E-state index in [2.05, 4.69) is 21.8 Å². The normalized spacial score (nSPS) is 29.6. The Hall–Kier alpha value is -2.12. The molecule has 3 rings (SSSR count). The van der Waals surface area contributed by atoms with Crippen molar-refractivity contribution >= 4 is 28.6 Å². The van der Waals surface area contributed by atoms with Gasteiger partial charge in [-0.2, -0.15) is 4.98 Å².